The van der Waals surface area contributed by atoms with Crippen LogP contribution >= 0.6 is 0 Å². The minimum atomic E-state index is -0.533. The molecule has 112 valence electrons. The van der Waals surface area contributed by atoms with E-state index in [1.807, 2.05) is 0 Å². The number of rotatable bonds is 9. The summed E-state index contributed by atoms with van der Waals surface area (Å²) in [6.07, 6.45) is -0.323. The van der Waals surface area contributed by atoms with E-state index < -0.39 is 17.9 Å². The molecule has 0 N–H and O–H groups in total. The van der Waals surface area contributed by atoms with Crippen molar-refractivity contribution < 1.29 is 28.5 Å². The van der Waals surface area contributed by atoms with Gasteiger partial charge in [0.15, 0.2) is 0 Å². The standard InChI is InChI=1S/C13H24O6/c1-9(13(15)19-8-11(3)17-5)6-12(14)18-7-10(2)16-4/h9-11H,6-8H2,1-5H3. The number of esters is 2. The normalized spacial score (nSPS) is 15.4. The molecule has 6 heteroatoms. The second kappa shape index (κ2) is 9.75. The number of methoxy groups -OCH3 is 2. The first-order valence-electron chi connectivity index (χ1n) is 6.28. The van der Waals surface area contributed by atoms with Crippen LogP contribution in [0.2, 0.25) is 0 Å². The van der Waals surface area contributed by atoms with Gasteiger partial charge in [0.05, 0.1) is 24.5 Å². The third kappa shape index (κ3) is 8.56. The molecule has 0 aromatic heterocycles. The fourth-order valence-corrected chi connectivity index (χ4v) is 1.08. The van der Waals surface area contributed by atoms with Crippen LogP contribution < -0.4 is 0 Å². The first kappa shape index (κ1) is 17.9. The molecule has 0 fully saturated rings. The Morgan fingerprint density at radius 1 is 0.895 bits per heavy atom. The van der Waals surface area contributed by atoms with Crippen LogP contribution in [0.15, 0.2) is 0 Å². The molecule has 0 heterocycles. The lowest BCUT2D eigenvalue weighted by atomic mass is 10.1. The van der Waals surface area contributed by atoms with Gasteiger partial charge >= 0.3 is 11.9 Å². The number of ether oxygens (including phenoxy) is 4. The summed E-state index contributed by atoms with van der Waals surface area (Å²) in [5, 5.41) is 0. The van der Waals surface area contributed by atoms with E-state index in [0.29, 0.717) is 0 Å². The molecule has 0 bridgehead atoms. The number of hydrogen-bond acceptors (Lipinski definition) is 6. The van der Waals surface area contributed by atoms with Gasteiger partial charge in [-0.05, 0) is 13.8 Å². The Morgan fingerprint density at radius 2 is 1.37 bits per heavy atom. The molecule has 6 nitrogen and oxygen atoms in total. The van der Waals surface area contributed by atoms with Crippen molar-refractivity contribution in [1.82, 2.24) is 0 Å². The maximum atomic E-state index is 11.6. The first-order chi connectivity index (χ1) is 8.90. The first-order valence-corrected chi connectivity index (χ1v) is 6.28. The minimum Gasteiger partial charge on any atom is -0.463 e. The Balaban J connectivity index is 3.91. The molecule has 0 aromatic carbocycles. The van der Waals surface area contributed by atoms with Crippen molar-refractivity contribution in [3.63, 3.8) is 0 Å². The lowest BCUT2D eigenvalue weighted by Crippen LogP contribution is -2.25. The van der Waals surface area contributed by atoms with E-state index in [9.17, 15) is 9.59 Å². The number of carbonyl (C=O) groups excluding carboxylic acids is 2. The Bertz CT molecular complexity index is 278. The summed E-state index contributed by atoms with van der Waals surface area (Å²) in [7, 11) is 3.08. The molecule has 0 saturated carbocycles. The molecule has 0 rings (SSSR count). The molecule has 0 spiro atoms. The molecule has 3 unspecified atom stereocenters. The molecule has 0 aliphatic carbocycles. The zero-order valence-electron chi connectivity index (χ0n) is 12.3. The van der Waals surface area contributed by atoms with Crippen LogP contribution in [0.1, 0.15) is 27.2 Å². The molecule has 3 atom stereocenters. The van der Waals surface area contributed by atoms with Crippen LogP contribution in [-0.2, 0) is 28.5 Å². The van der Waals surface area contributed by atoms with Crippen LogP contribution in [-0.4, -0.2) is 51.6 Å². The highest BCUT2D eigenvalue weighted by Gasteiger charge is 2.20. The maximum absolute atomic E-state index is 11.6. The minimum absolute atomic E-state index is 0.00334. The lowest BCUT2D eigenvalue weighted by Gasteiger charge is -2.14. The van der Waals surface area contributed by atoms with Gasteiger partial charge in [-0.2, -0.15) is 0 Å². The summed E-state index contributed by atoms with van der Waals surface area (Å²) in [6, 6.07) is 0. The van der Waals surface area contributed by atoms with Gasteiger partial charge in [0.2, 0.25) is 0 Å². The lowest BCUT2D eigenvalue weighted by molar-refractivity contribution is -0.157. The molecule has 0 aliphatic heterocycles. The van der Waals surface area contributed by atoms with Gasteiger partial charge in [-0.3, -0.25) is 9.59 Å². The van der Waals surface area contributed by atoms with E-state index in [1.54, 1.807) is 20.8 Å². The molecular formula is C13H24O6. The summed E-state index contributed by atoms with van der Waals surface area (Å²) in [5.41, 5.74) is 0. The molecule has 0 aromatic rings. The topological polar surface area (TPSA) is 71.1 Å². The van der Waals surface area contributed by atoms with Crippen LogP contribution in [0.25, 0.3) is 0 Å². The van der Waals surface area contributed by atoms with E-state index in [-0.39, 0.29) is 31.8 Å². The van der Waals surface area contributed by atoms with E-state index in [0.717, 1.165) is 0 Å². The fraction of sp³-hybridized carbons (Fsp3) is 0.846. The van der Waals surface area contributed by atoms with Gasteiger partial charge in [-0.25, -0.2) is 0 Å². The van der Waals surface area contributed by atoms with Crippen LogP contribution in [0.4, 0.5) is 0 Å². The van der Waals surface area contributed by atoms with Crippen molar-refractivity contribution in [3.8, 4) is 0 Å². The van der Waals surface area contributed by atoms with E-state index in [4.69, 9.17) is 18.9 Å². The Kier molecular flexibility index (Phi) is 9.16. The monoisotopic (exact) mass is 276 g/mol. The summed E-state index contributed by atoms with van der Waals surface area (Å²) in [5.74, 6) is -1.40. The number of carbonyl (C=O) groups is 2. The number of hydrogen-bond donors (Lipinski definition) is 0. The van der Waals surface area contributed by atoms with Crippen molar-refractivity contribution in [3.05, 3.63) is 0 Å². The average Bonchev–Trinajstić information content (AvgIpc) is 2.41. The van der Waals surface area contributed by atoms with Crippen LogP contribution in [0.3, 0.4) is 0 Å². The summed E-state index contributed by atoms with van der Waals surface area (Å²) >= 11 is 0. The molecule has 0 saturated heterocycles. The second-order valence-electron chi connectivity index (χ2n) is 4.51. The molecule has 0 amide bonds. The Hall–Kier alpha value is -1.14. The molecule has 0 aliphatic rings. The Morgan fingerprint density at radius 3 is 1.84 bits per heavy atom. The average molecular weight is 276 g/mol. The second-order valence-corrected chi connectivity index (χ2v) is 4.51. The SMILES string of the molecule is COC(C)COC(=O)CC(C)C(=O)OCC(C)OC. The quantitative estimate of drug-likeness (QED) is 0.589. The van der Waals surface area contributed by atoms with Crippen molar-refractivity contribution >= 4 is 11.9 Å². The summed E-state index contributed by atoms with van der Waals surface area (Å²) in [6.45, 7) is 5.56. The summed E-state index contributed by atoms with van der Waals surface area (Å²) < 4.78 is 19.9. The zero-order chi connectivity index (χ0) is 14.8. The summed E-state index contributed by atoms with van der Waals surface area (Å²) in [4.78, 5) is 23.0. The molecule has 19 heavy (non-hydrogen) atoms. The molecule has 0 radical (unpaired) electrons. The van der Waals surface area contributed by atoms with Crippen molar-refractivity contribution in [2.45, 2.75) is 39.4 Å². The third-order valence-electron chi connectivity index (χ3n) is 2.62. The Labute approximate surface area is 114 Å². The highest BCUT2D eigenvalue weighted by molar-refractivity contribution is 5.79. The van der Waals surface area contributed by atoms with E-state index >= 15 is 0 Å². The highest BCUT2D eigenvalue weighted by Crippen LogP contribution is 2.07. The largest absolute Gasteiger partial charge is 0.463 e. The molecular weight excluding hydrogens is 252 g/mol. The van der Waals surface area contributed by atoms with Gasteiger partial charge < -0.3 is 18.9 Å². The van der Waals surface area contributed by atoms with Crippen molar-refractivity contribution in [2.24, 2.45) is 5.92 Å². The predicted octanol–water partition coefficient (Wildman–Crippen LogP) is 1.17. The maximum Gasteiger partial charge on any atom is 0.309 e. The third-order valence-corrected chi connectivity index (χ3v) is 2.62. The van der Waals surface area contributed by atoms with Crippen LogP contribution in [0, 0.1) is 5.92 Å². The van der Waals surface area contributed by atoms with E-state index in [1.165, 1.54) is 14.2 Å². The van der Waals surface area contributed by atoms with E-state index in [2.05, 4.69) is 0 Å². The zero-order valence-corrected chi connectivity index (χ0v) is 12.3. The van der Waals surface area contributed by atoms with Gasteiger partial charge in [0, 0.05) is 14.2 Å². The van der Waals surface area contributed by atoms with Crippen LogP contribution in [0.5, 0.6) is 0 Å². The van der Waals surface area contributed by atoms with Gasteiger partial charge in [0.25, 0.3) is 0 Å². The predicted molar refractivity (Wildman–Crippen MR) is 68.6 cm³/mol. The fourth-order valence-electron chi connectivity index (χ4n) is 1.08. The van der Waals surface area contributed by atoms with Crippen molar-refractivity contribution in [1.29, 1.82) is 0 Å². The van der Waals surface area contributed by atoms with Gasteiger partial charge in [0.1, 0.15) is 13.2 Å². The highest BCUT2D eigenvalue weighted by atomic mass is 16.6. The smallest absolute Gasteiger partial charge is 0.309 e. The van der Waals surface area contributed by atoms with Gasteiger partial charge in [-0.15, -0.1) is 0 Å². The van der Waals surface area contributed by atoms with Gasteiger partial charge in [-0.1, -0.05) is 6.92 Å². The van der Waals surface area contributed by atoms with Crippen molar-refractivity contribution in [2.75, 3.05) is 27.4 Å².